The molecule has 0 amide bonds. The first-order valence-corrected chi connectivity index (χ1v) is 6.27. The van der Waals surface area contributed by atoms with Crippen LogP contribution in [0.1, 0.15) is 9.88 Å². The lowest BCUT2D eigenvalue weighted by Crippen LogP contribution is -2.09. The number of aryl methyl sites for hydroxylation is 2. The zero-order valence-electron chi connectivity index (χ0n) is 10.1. The minimum atomic E-state index is -0.985. The predicted molar refractivity (Wildman–Crippen MR) is 70.2 cm³/mol. The average Bonchev–Trinajstić information content (AvgIpc) is 2.66. The van der Waals surface area contributed by atoms with Crippen molar-refractivity contribution >= 4 is 17.3 Å². The number of carboxylic acid groups (broad SMARTS) is 1. The smallest absolute Gasteiger partial charge is 0.341 e. The monoisotopic (exact) mass is 263 g/mol. The first kappa shape index (κ1) is 12.6. The molecule has 0 bridgehead atoms. The highest BCUT2D eigenvalue weighted by Gasteiger charge is 2.08. The molecule has 0 unspecified atom stereocenters. The van der Waals surface area contributed by atoms with Gasteiger partial charge in [0.05, 0.1) is 10.7 Å². The van der Waals surface area contributed by atoms with Gasteiger partial charge in [-0.1, -0.05) is 12.1 Å². The molecule has 1 aromatic carbocycles. The molecule has 2 rings (SSSR count). The summed E-state index contributed by atoms with van der Waals surface area (Å²) in [6.45, 7) is 3.65. The SMILES string of the molecule is Cc1nc(-c2cccc(OCC(=O)O)c2)c(C)s1. The summed E-state index contributed by atoms with van der Waals surface area (Å²) in [5.74, 6) is -0.443. The summed E-state index contributed by atoms with van der Waals surface area (Å²) >= 11 is 1.64. The summed E-state index contributed by atoms with van der Waals surface area (Å²) in [6, 6.07) is 7.32. The lowest BCUT2D eigenvalue weighted by atomic mass is 10.1. The van der Waals surface area contributed by atoms with Crippen LogP contribution in [0.25, 0.3) is 11.3 Å². The zero-order valence-corrected chi connectivity index (χ0v) is 11.0. The maximum atomic E-state index is 10.4. The predicted octanol–water partition coefficient (Wildman–Crippen LogP) is 2.89. The number of aromatic nitrogens is 1. The largest absolute Gasteiger partial charge is 0.482 e. The molecule has 1 heterocycles. The first-order chi connectivity index (χ1) is 8.56. The number of thiazole rings is 1. The Balaban J connectivity index is 2.27. The molecule has 0 saturated heterocycles. The van der Waals surface area contributed by atoms with Gasteiger partial charge < -0.3 is 9.84 Å². The van der Waals surface area contributed by atoms with Crippen molar-refractivity contribution in [2.75, 3.05) is 6.61 Å². The lowest BCUT2D eigenvalue weighted by Gasteiger charge is -2.05. The molecule has 0 fully saturated rings. The van der Waals surface area contributed by atoms with Crippen molar-refractivity contribution in [2.24, 2.45) is 0 Å². The Morgan fingerprint density at radius 2 is 2.22 bits per heavy atom. The van der Waals surface area contributed by atoms with E-state index in [1.165, 1.54) is 0 Å². The van der Waals surface area contributed by atoms with Gasteiger partial charge in [0.15, 0.2) is 6.61 Å². The quantitative estimate of drug-likeness (QED) is 0.921. The molecular formula is C13H13NO3S. The normalized spacial score (nSPS) is 10.3. The van der Waals surface area contributed by atoms with Crippen molar-refractivity contribution in [2.45, 2.75) is 13.8 Å². The molecule has 94 valence electrons. The fraction of sp³-hybridized carbons (Fsp3) is 0.231. The van der Waals surface area contributed by atoms with Crippen LogP contribution in [0.5, 0.6) is 5.75 Å². The molecule has 0 radical (unpaired) electrons. The fourth-order valence-corrected chi connectivity index (χ4v) is 2.52. The second-order valence-corrected chi connectivity index (χ2v) is 5.26. The summed E-state index contributed by atoms with van der Waals surface area (Å²) < 4.78 is 5.15. The van der Waals surface area contributed by atoms with E-state index in [0.29, 0.717) is 5.75 Å². The summed E-state index contributed by atoms with van der Waals surface area (Å²) in [5.41, 5.74) is 1.87. The third-order valence-electron chi connectivity index (χ3n) is 2.37. The van der Waals surface area contributed by atoms with Gasteiger partial charge in [-0.05, 0) is 26.0 Å². The highest BCUT2D eigenvalue weighted by atomic mass is 32.1. The van der Waals surface area contributed by atoms with Gasteiger partial charge in [-0.3, -0.25) is 0 Å². The second kappa shape index (κ2) is 5.18. The number of ether oxygens (including phenoxy) is 1. The van der Waals surface area contributed by atoms with Gasteiger partial charge in [-0.15, -0.1) is 11.3 Å². The summed E-state index contributed by atoms with van der Waals surface area (Å²) in [5, 5.41) is 9.59. The van der Waals surface area contributed by atoms with Crippen LogP contribution in [0.2, 0.25) is 0 Å². The van der Waals surface area contributed by atoms with Crippen LogP contribution in [0.15, 0.2) is 24.3 Å². The van der Waals surface area contributed by atoms with E-state index in [-0.39, 0.29) is 6.61 Å². The Bertz CT molecular complexity index is 577. The number of benzene rings is 1. The van der Waals surface area contributed by atoms with Crippen molar-refractivity contribution in [3.05, 3.63) is 34.2 Å². The molecule has 0 aliphatic heterocycles. The summed E-state index contributed by atoms with van der Waals surface area (Å²) in [7, 11) is 0. The third kappa shape index (κ3) is 2.87. The number of nitrogens with zero attached hydrogens (tertiary/aromatic N) is 1. The molecule has 0 aliphatic carbocycles. The Hall–Kier alpha value is -1.88. The molecule has 0 aliphatic rings. The van der Waals surface area contributed by atoms with E-state index in [4.69, 9.17) is 9.84 Å². The van der Waals surface area contributed by atoms with E-state index in [9.17, 15) is 4.79 Å². The Labute approximate surface area is 109 Å². The van der Waals surface area contributed by atoms with Crippen LogP contribution in [0.3, 0.4) is 0 Å². The van der Waals surface area contributed by atoms with Crippen LogP contribution in [0, 0.1) is 13.8 Å². The van der Waals surface area contributed by atoms with E-state index in [0.717, 1.165) is 21.1 Å². The number of rotatable bonds is 4. The molecule has 1 N–H and O–H groups in total. The van der Waals surface area contributed by atoms with Crippen molar-refractivity contribution in [1.82, 2.24) is 4.98 Å². The number of hydrogen-bond acceptors (Lipinski definition) is 4. The minimum absolute atomic E-state index is 0.335. The maximum absolute atomic E-state index is 10.4. The average molecular weight is 263 g/mol. The molecule has 0 saturated carbocycles. The van der Waals surface area contributed by atoms with Crippen LogP contribution >= 0.6 is 11.3 Å². The molecule has 0 atom stereocenters. The number of carboxylic acids is 1. The molecule has 18 heavy (non-hydrogen) atoms. The molecule has 5 heteroatoms. The Morgan fingerprint density at radius 1 is 1.44 bits per heavy atom. The second-order valence-electron chi connectivity index (χ2n) is 3.85. The standard InChI is InChI=1S/C13H13NO3S/c1-8-13(14-9(2)18-8)10-4-3-5-11(6-10)17-7-12(15)16/h3-6H,7H2,1-2H3,(H,15,16). The summed E-state index contributed by atoms with van der Waals surface area (Å²) in [4.78, 5) is 16.1. The van der Waals surface area contributed by atoms with Gasteiger partial charge in [0.2, 0.25) is 0 Å². The van der Waals surface area contributed by atoms with Crippen molar-refractivity contribution in [3.8, 4) is 17.0 Å². The number of carbonyl (C=O) groups is 1. The number of hydrogen-bond donors (Lipinski definition) is 1. The van der Waals surface area contributed by atoms with Crippen LogP contribution in [0.4, 0.5) is 0 Å². The Kier molecular flexibility index (Phi) is 3.62. The summed E-state index contributed by atoms with van der Waals surface area (Å²) in [6.07, 6.45) is 0. The highest BCUT2D eigenvalue weighted by molar-refractivity contribution is 7.11. The zero-order chi connectivity index (χ0) is 13.1. The van der Waals surface area contributed by atoms with Crippen molar-refractivity contribution < 1.29 is 14.6 Å². The fourth-order valence-electron chi connectivity index (χ4n) is 1.67. The van der Waals surface area contributed by atoms with Gasteiger partial charge in [0, 0.05) is 10.4 Å². The maximum Gasteiger partial charge on any atom is 0.341 e. The van der Waals surface area contributed by atoms with Gasteiger partial charge >= 0.3 is 5.97 Å². The van der Waals surface area contributed by atoms with Crippen molar-refractivity contribution in [1.29, 1.82) is 0 Å². The van der Waals surface area contributed by atoms with Crippen molar-refractivity contribution in [3.63, 3.8) is 0 Å². The van der Waals surface area contributed by atoms with Gasteiger partial charge in [0.25, 0.3) is 0 Å². The van der Waals surface area contributed by atoms with E-state index >= 15 is 0 Å². The lowest BCUT2D eigenvalue weighted by molar-refractivity contribution is -0.139. The molecule has 2 aromatic rings. The van der Waals surface area contributed by atoms with E-state index < -0.39 is 5.97 Å². The third-order valence-corrected chi connectivity index (χ3v) is 3.26. The topological polar surface area (TPSA) is 59.4 Å². The Morgan fingerprint density at radius 3 is 2.83 bits per heavy atom. The van der Waals surface area contributed by atoms with Crippen LogP contribution in [-0.2, 0) is 4.79 Å². The highest BCUT2D eigenvalue weighted by Crippen LogP contribution is 2.29. The minimum Gasteiger partial charge on any atom is -0.482 e. The van der Waals surface area contributed by atoms with Crippen LogP contribution < -0.4 is 4.74 Å². The van der Waals surface area contributed by atoms with E-state index in [1.807, 2.05) is 32.0 Å². The van der Waals surface area contributed by atoms with Gasteiger partial charge in [-0.25, -0.2) is 9.78 Å². The molecule has 4 nitrogen and oxygen atoms in total. The first-order valence-electron chi connectivity index (χ1n) is 5.45. The number of aliphatic carboxylic acids is 1. The van der Waals surface area contributed by atoms with E-state index in [1.54, 1.807) is 17.4 Å². The van der Waals surface area contributed by atoms with Gasteiger partial charge in [0.1, 0.15) is 5.75 Å². The molecule has 1 aromatic heterocycles. The van der Waals surface area contributed by atoms with Gasteiger partial charge in [-0.2, -0.15) is 0 Å². The molecular weight excluding hydrogens is 250 g/mol. The van der Waals surface area contributed by atoms with Crippen LogP contribution in [-0.4, -0.2) is 22.7 Å². The molecule has 0 spiro atoms. The van der Waals surface area contributed by atoms with E-state index in [2.05, 4.69) is 4.98 Å².